The van der Waals surface area contributed by atoms with E-state index in [-0.39, 0.29) is 12.2 Å². The number of halogens is 1. The highest BCUT2D eigenvalue weighted by Crippen LogP contribution is 2.20. The Bertz CT molecular complexity index is 450. The lowest BCUT2D eigenvalue weighted by Gasteiger charge is -2.21. The first-order valence-corrected chi connectivity index (χ1v) is 6.22. The second-order valence-electron chi connectivity index (χ2n) is 3.21. The van der Waals surface area contributed by atoms with Gasteiger partial charge in [0.2, 0.25) is 0 Å². The molecule has 0 fully saturated rings. The number of hydrogen-bond acceptors (Lipinski definition) is 3. The Balaban J connectivity index is 3.07. The average molecular weight is 247 g/mol. The van der Waals surface area contributed by atoms with E-state index < -0.39 is 16.0 Å². The summed E-state index contributed by atoms with van der Waals surface area (Å²) in [5.41, 5.74) is 5.22. The third kappa shape index (κ3) is 3.16. The minimum atomic E-state index is -3.97. The standard InChI is InChI=1S/C9H14FN3O2S/c10-8-4-1-2-5-9(8)13(7-3-6-11)16(12,14)15/h1-2,4-5H,3,6-7,11H2,(H2,12,14,15). The third-order valence-corrected chi connectivity index (χ3v) is 2.99. The molecule has 0 saturated heterocycles. The molecule has 7 heteroatoms. The van der Waals surface area contributed by atoms with Gasteiger partial charge in [-0.25, -0.2) is 9.53 Å². The second kappa shape index (κ2) is 5.24. The van der Waals surface area contributed by atoms with E-state index in [9.17, 15) is 12.8 Å². The highest BCUT2D eigenvalue weighted by molar-refractivity contribution is 7.90. The SMILES string of the molecule is NCCCN(c1ccccc1F)S(N)(=O)=O. The quantitative estimate of drug-likeness (QED) is 0.778. The molecule has 16 heavy (non-hydrogen) atoms. The Hall–Kier alpha value is -1.18. The maximum absolute atomic E-state index is 13.4. The van der Waals surface area contributed by atoms with E-state index in [2.05, 4.69) is 0 Å². The first-order valence-electron chi connectivity index (χ1n) is 4.72. The molecule has 0 radical (unpaired) electrons. The van der Waals surface area contributed by atoms with Crippen LogP contribution in [0.25, 0.3) is 0 Å². The predicted molar refractivity (Wildman–Crippen MR) is 60.5 cm³/mol. The largest absolute Gasteiger partial charge is 0.330 e. The molecular weight excluding hydrogens is 233 g/mol. The summed E-state index contributed by atoms with van der Waals surface area (Å²) < 4.78 is 36.8. The van der Waals surface area contributed by atoms with Gasteiger partial charge in [-0.1, -0.05) is 12.1 Å². The lowest BCUT2D eigenvalue weighted by atomic mass is 10.3. The summed E-state index contributed by atoms with van der Waals surface area (Å²) in [6.45, 7) is 0.372. The molecule has 0 heterocycles. The fraction of sp³-hybridized carbons (Fsp3) is 0.333. The summed E-state index contributed by atoms with van der Waals surface area (Å²) >= 11 is 0. The molecule has 1 aromatic rings. The van der Waals surface area contributed by atoms with Gasteiger partial charge < -0.3 is 5.73 Å². The minimum absolute atomic E-state index is 0.0570. The van der Waals surface area contributed by atoms with E-state index in [1.54, 1.807) is 6.07 Å². The number of rotatable bonds is 5. The van der Waals surface area contributed by atoms with Crippen LogP contribution in [0, 0.1) is 5.82 Å². The van der Waals surface area contributed by atoms with Gasteiger partial charge in [0.05, 0.1) is 5.69 Å². The van der Waals surface area contributed by atoms with Crippen LogP contribution in [-0.2, 0) is 10.2 Å². The van der Waals surface area contributed by atoms with E-state index in [0.29, 0.717) is 13.0 Å². The molecule has 1 rings (SSSR count). The van der Waals surface area contributed by atoms with Gasteiger partial charge in [0.15, 0.2) is 0 Å². The summed E-state index contributed by atoms with van der Waals surface area (Å²) in [7, 11) is -3.97. The van der Waals surface area contributed by atoms with E-state index in [0.717, 1.165) is 4.31 Å². The molecular formula is C9H14FN3O2S. The molecule has 0 aliphatic heterocycles. The van der Waals surface area contributed by atoms with Crippen LogP contribution in [0.4, 0.5) is 10.1 Å². The van der Waals surface area contributed by atoms with E-state index in [1.807, 2.05) is 0 Å². The van der Waals surface area contributed by atoms with Gasteiger partial charge in [-0.05, 0) is 25.1 Å². The van der Waals surface area contributed by atoms with Gasteiger partial charge in [-0.3, -0.25) is 4.31 Å². The van der Waals surface area contributed by atoms with Crippen LogP contribution in [-0.4, -0.2) is 21.5 Å². The number of nitrogens with two attached hydrogens (primary N) is 2. The maximum atomic E-state index is 13.4. The number of para-hydroxylation sites is 1. The summed E-state index contributed by atoms with van der Waals surface area (Å²) in [6, 6.07) is 5.55. The summed E-state index contributed by atoms with van der Waals surface area (Å²) in [5, 5.41) is 5.01. The van der Waals surface area contributed by atoms with E-state index in [4.69, 9.17) is 10.9 Å². The van der Waals surface area contributed by atoms with Crippen LogP contribution in [0.5, 0.6) is 0 Å². The van der Waals surface area contributed by atoms with Gasteiger partial charge in [0, 0.05) is 6.54 Å². The van der Waals surface area contributed by atoms with Crippen LogP contribution < -0.4 is 15.2 Å². The number of anilines is 1. The van der Waals surface area contributed by atoms with Gasteiger partial charge >= 0.3 is 0 Å². The molecule has 0 aromatic heterocycles. The zero-order chi connectivity index (χ0) is 12.2. The van der Waals surface area contributed by atoms with Crippen molar-refractivity contribution in [1.82, 2.24) is 0 Å². The van der Waals surface area contributed by atoms with Crippen LogP contribution in [0.1, 0.15) is 6.42 Å². The van der Waals surface area contributed by atoms with Crippen molar-refractivity contribution in [1.29, 1.82) is 0 Å². The number of hydrogen-bond donors (Lipinski definition) is 2. The average Bonchev–Trinajstić information content (AvgIpc) is 2.19. The molecule has 0 bridgehead atoms. The highest BCUT2D eigenvalue weighted by Gasteiger charge is 2.20. The van der Waals surface area contributed by atoms with Crippen LogP contribution in [0.2, 0.25) is 0 Å². The normalized spacial score (nSPS) is 11.4. The zero-order valence-electron chi connectivity index (χ0n) is 8.64. The maximum Gasteiger partial charge on any atom is 0.299 e. The Kier molecular flexibility index (Phi) is 4.22. The molecule has 0 aliphatic rings. The molecule has 90 valence electrons. The van der Waals surface area contributed by atoms with Gasteiger partial charge in [0.25, 0.3) is 10.2 Å². The molecule has 4 N–H and O–H groups in total. The molecule has 0 aliphatic carbocycles. The zero-order valence-corrected chi connectivity index (χ0v) is 9.45. The first-order chi connectivity index (χ1) is 7.46. The smallest absolute Gasteiger partial charge is 0.299 e. The molecule has 5 nitrogen and oxygen atoms in total. The van der Waals surface area contributed by atoms with Crippen LogP contribution >= 0.6 is 0 Å². The first kappa shape index (κ1) is 12.9. The molecule has 1 aromatic carbocycles. The Morgan fingerprint density at radius 1 is 1.31 bits per heavy atom. The predicted octanol–water partition coefficient (Wildman–Crippen LogP) is 0.184. The molecule has 0 atom stereocenters. The van der Waals surface area contributed by atoms with E-state index >= 15 is 0 Å². The molecule has 0 saturated carbocycles. The fourth-order valence-electron chi connectivity index (χ4n) is 1.27. The summed E-state index contributed by atoms with van der Waals surface area (Å²) in [5.74, 6) is -0.631. The summed E-state index contributed by atoms with van der Waals surface area (Å²) in [4.78, 5) is 0. The minimum Gasteiger partial charge on any atom is -0.330 e. The monoisotopic (exact) mass is 247 g/mol. The van der Waals surface area contributed by atoms with Crippen molar-refractivity contribution in [3.8, 4) is 0 Å². The van der Waals surface area contributed by atoms with Crippen molar-refractivity contribution in [2.75, 3.05) is 17.4 Å². The molecule has 0 spiro atoms. The molecule has 0 unspecified atom stereocenters. The number of benzene rings is 1. The van der Waals surface area contributed by atoms with Crippen molar-refractivity contribution < 1.29 is 12.8 Å². The topological polar surface area (TPSA) is 89.4 Å². The fourth-order valence-corrected chi connectivity index (χ4v) is 2.08. The highest BCUT2D eigenvalue weighted by atomic mass is 32.2. The van der Waals surface area contributed by atoms with Crippen molar-refractivity contribution in [3.05, 3.63) is 30.1 Å². The Labute approximate surface area is 94.0 Å². The van der Waals surface area contributed by atoms with Crippen molar-refractivity contribution in [2.45, 2.75) is 6.42 Å². The van der Waals surface area contributed by atoms with Crippen molar-refractivity contribution >= 4 is 15.9 Å². The number of nitrogens with zero attached hydrogens (tertiary/aromatic N) is 1. The Morgan fingerprint density at radius 2 is 1.94 bits per heavy atom. The van der Waals surface area contributed by atoms with Gasteiger partial charge in [-0.2, -0.15) is 8.42 Å². The lowest BCUT2D eigenvalue weighted by Crippen LogP contribution is -2.38. The third-order valence-electron chi connectivity index (χ3n) is 1.99. The van der Waals surface area contributed by atoms with Crippen molar-refractivity contribution in [2.24, 2.45) is 10.9 Å². The van der Waals surface area contributed by atoms with Crippen LogP contribution in [0.15, 0.2) is 24.3 Å². The second-order valence-corrected chi connectivity index (χ2v) is 4.68. The van der Waals surface area contributed by atoms with E-state index in [1.165, 1.54) is 18.2 Å². The Morgan fingerprint density at radius 3 is 2.44 bits per heavy atom. The lowest BCUT2D eigenvalue weighted by molar-refractivity contribution is 0.585. The summed E-state index contributed by atoms with van der Waals surface area (Å²) in [6.07, 6.45) is 0.408. The van der Waals surface area contributed by atoms with Crippen LogP contribution in [0.3, 0.4) is 0 Å². The molecule has 0 amide bonds. The van der Waals surface area contributed by atoms with Gasteiger partial charge in [-0.15, -0.1) is 0 Å². The van der Waals surface area contributed by atoms with Crippen molar-refractivity contribution in [3.63, 3.8) is 0 Å². The van der Waals surface area contributed by atoms with Gasteiger partial charge in [0.1, 0.15) is 5.82 Å².